The van der Waals surface area contributed by atoms with Gasteiger partial charge >= 0.3 is 0 Å². The molecule has 3 amide bonds. The molecule has 0 aliphatic rings. The Hall–Kier alpha value is -7.09. The highest BCUT2D eigenvalue weighted by Crippen LogP contribution is 2.32. The molecule has 0 heterocycles. The lowest BCUT2D eigenvalue weighted by Crippen LogP contribution is -2.53. The average molecular weight is 746 g/mol. The van der Waals surface area contributed by atoms with Gasteiger partial charge in [0.25, 0.3) is 17.7 Å². The first-order valence-electron chi connectivity index (χ1n) is 19.1. The Morgan fingerprint density at radius 1 is 0.368 bits per heavy atom. The molecular formula is C50H39N3O4. The number of amides is 3. The Bertz CT molecular complexity index is 2560. The van der Waals surface area contributed by atoms with Crippen molar-refractivity contribution in [2.45, 2.75) is 0 Å². The van der Waals surface area contributed by atoms with Crippen LogP contribution in [0.5, 0.6) is 0 Å². The summed E-state index contributed by atoms with van der Waals surface area (Å²) in [7, 11) is 0. The number of fused-ring (bicyclic) bond motifs is 6. The van der Waals surface area contributed by atoms with Crippen LogP contribution in [-0.2, 0) is 0 Å². The molecular weight excluding hydrogens is 707 g/mol. The molecule has 7 nitrogen and oxygen atoms in total. The van der Waals surface area contributed by atoms with Crippen molar-refractivity contribution in [1.82, 2.24) is 16.0 Å². The monoisotopic (exact) mass is 745 g/mol. The first-order chi connectivity index (χ1) is 27.9. The fraction of sp³-hybridized carbons (Fsp3) is 0.100. The van der Waals surface area contributed by atoms with Crippen molar-refractivity contribution < 1.29 is 19.5 Å². The summed E-state index contributed by atoms with van der Waals surface area (Å²) < 4.78 is 0. The van der Waals surface area contributed by atoms with Gasteiger partial charge in [-0.05, 0) is 82.8 Å². The maximum atomic E-state index is 14.4. The summed E-state index contributed by atoms with van der Waals surface area (Å²) in [5, 5.41) is 31.0. The summed E-state index contributed by atoms with van der Waals surface area (Å²) in [6.07, 6.45) is 0. The van der Waals surface area contributed by atoms with E-state index in [9.17, 15) is 19.5 Å². The Kier molecular flexibility index (Phi) is 9.28. The number of hydrogen-bond donors (Lipinski definition) is 4. The van der Waals surface area contributed by atoms with Gasteiger partial charge in [0, 0.05) is 25.0 Å². The number of aliphatic hydroxyl groups excluding tert-OH is 1. The highest BCUT2D eigenvalue weighted by molar-refractivity contribution is 6.20. The van der Waals surface area contributed by atoms with Crippen molar-refractivity contribution in [3.63, 3.8) is 0 Å². The number of carbonyl (C=O) groups is 3. The second kappa shape index (κ2) is 14.9. The molecule has 278 valence electrons. The van der Waals surface area contributed by atoms with Gasteiger partial charge in [0.1, 0.15) is 0 Å². The van der Waals surface area contributed by atoms with E-state index in [1.54, 1.807) is 0 Å². The third-order valence-corrected chi connectivity index (χ3v) is 11.2. The Morgan fingerprint density at radius 3 is 0.789 bits per heavy atom. The summed E-state index contributed by atoms with van der Waals surface area (Å²) in [6, 6.07) is 52.8. The molecule has 0 bridgehead atoms. The van der Waals surface area contributed by atoms with Gasteiger partial charge in [-0.1, -0.05) is 146 Å². The van der Waals surface area contributed by atoms with Crippen LogP contribution in [0.1, 0.15) is 31.1 Å². The minimum atomic E-state index is -1.21. The molecule has 7 heteroatoms. The maximum Gasteiger partial charge on any atom is 0.252 e. The van der Waals surface area contributed by atoms with Crippen LogP contribution in [0.3, 0.4) is 0 Å². The molecule has 0 unspecified atom stereocenters. The van der Waals surface area contributed by atoms with Gasteiger partial charge in [-0.3, -0.25) is 14.4 Å². The Balaban J connectivity index is 1.08. The van der Waals surface area contributed by atoms with Crippen LogP contribution in [0.2, 0.25) is 0 Å². The minimum absolute atomic E-state index is 0.0486. The molecule has 0 spiro atoms. The fourth-order valence-electron chi connectivity index (χ4n) is 8.20. The van der Waals surface area contributed by atoms with Crippen molar-refractivity contribution in [1.29, 1.82) is 0 Å². The smallest absolute Gasteiger partial charge is 0.252 e. The van der Waals surface area contributed by atoms with Gasteiger partial charge in [-0.15, -0.1) is 0 Å². The van der Waals surface area contributed by atoms with Gasteiger partial charge in [0.15, 0.2) is 0 Å². The van der Waals surface area contributed by atoms with Gasteiger partial charge in [0.05, 0.1) is 23.3 Å². The molecule has 0 radical (unpaired) electrons. The topological polar surface area (TPSA) is 108 Å². The van der Waals surface area contributed by atoms with Crippen LogP contribution in [0.4, 0.5) is 0 Å². The molecule has 9 rings (SSSR count). The molecule has 0 saturated heterocycles. The molecule has 0 fully saturated rings. The van der Waals surface area contributed by atoms with Crippen LogP contribution in [0.25, 0.3) is 64.6 Å². The van der Waals surface area contributed by atoms with Crippen LogP contribution < -0.4 is 16.0 Å². The second-order valence-corrected chi connectivity index (χ2v) is 14.8. The highest BCUT2D eigenvalue weighted by atomic mass is 16.3. The van der Waals surface area contributed by atoms with E-state index < -0.39 is 12.0 Å². The van der Waals surface area contributed by atoms with Crippen LogP contribution in [0.15, 0.2) is 164 Å². The molecule has 9 aromatic carbocycles. The number of benzene rings is 9. The zero-order chi connectivity index (χ0) is 38.9. The van der Waals surface area contributed by atoms with E-state index >= 15 is 0 Å². The molecule has 0 aliphatic heterocycles. The van der Waals surface area contributed by atoms with Crippen LogP contribution >= 0.6 is 0 Å². The van der Waals surface area contributed by atoms with Crippen molar-refractivity contribution in [2.75, 3.05) is 26.2 Å². The first-order valence-corrected chi connectivity index (χ1v) is 19.1. The normalized spacial score (nSPS) is 11.7. The number of aliphatic hydroxyl groups is 1. The molecule has 57 heavy (non-hydrogen) atoms. The zero-order valence-electron chi connectivity index (χ0n) is 31.1. The fourth-order valence-corrected chi connectivity index (χ4v) is 8.20. The summed E-state index contributed by atoms with van der Waals surface area (Å²) in [5.41, 5.74) is 0.358. The lowest BCUT2D eigenvalue weighted by Gasteiger charge is -2.33. The predicted molar refractivity (Wildman–Crippen MR) is 231 cm³/mol. The molecule has 0 atom stereocenters. The van der Waals surface area contributed by atoms with E-state index in [0.717, 1.165) is 64.6 Å². The zero-order valence-corrected chi connectivity index (χ0v) is 31.1. The minimum Gasteiger partial charge on any atom is -0.396 e. The number of carbonyl (C=O) groups excluding carboxylic acids is 3. The van der Waals surface area contributed by atoms with Gasteiger partial charge < -0.3 is 21.1 Å². The van der Waals surface area contributed by atoms with Crippen LogP contribution in [-0.4, -0.2) is 49.1 Å². The molecule has 0 aromatic heterocycles. The lowest BCUT2D eigenvalue weighted by atomic mass is 9.87. The highest BCUT2D eigenvalue weighted by Gasteiger charge is 2.33. The summed E-state index contributed by atoms with van der Waals surface area (Å²) >= 11 is 0. The molecule has 0 aliphatic carbocycles. The number of nitrogens with one attached hydrogen (secondary N) is 3. The van der Waals surface area contributed by atoms with Gasteiger partial charge in [0.2, 0.25) is 0 Å². The molecule has 9 aromatic rings. The standard InChI is InChI=1S/C50H39N3O4/c54-31-50(28-51-47(55)44-38-19-7-1-13-32(38)25-33-14-2-8-20-39(33)44,29-52-48(56)45-40-21-9-3-15-34(40)26-35-16-4-10-22-41(35)45)30-53-49(57)46-42-23-11-5-17-36(42)27-37-18-6-12-24-43(37)46/h1-27,54H,28-31H2,(H,51,55)(H,52,56)(H,53,57). The average Bonchev–Trinajstić information content (AvgIpc) is 3.26. The van der Waals surface area contributed by atoms with E-state index in [1.165, 1.54) is 0 Å². The number of hydrogen-bond acceptors (Lipinski definition) is 4. The summed E-state index contributed by atoms with van der Waals surface area (Å²) in [6.45, 7) is -0.594. The number of rotatable bonds is 10. The SMILES string of the molecule is O=C(NCC(CO)(CNC(=O)c1c2ccccc2cc2ccccc12)CNC(=O)c1c2ccccc2cc2ccccc12)c1c2ccccc2cc2ccccc12. The van der Waals surface area contributed by atoms with Crippen molar-refractivity contribution in [3.8, 4) is 0 Å². The van der Waals surface area contributed by atoms with E-state index in [2.05, 4.69) is 34.1 Å². The van der Waals surface area contributed by atoms with E-state index in [4.69, 9.17) is 0 Å². The lowest BCUT2D eigenvalue weighted by molar-refractivity contribution is 0.0786. The van der Waals surface area contributed by atoms with E-state index in [1.807, 2.05) is 146 Å². The maximum absolute atomic E-state index is 14.4. The van der Waals surface area contributed by atoms with Crippen molar-refractivity contribution in [2.24, 2.45) is 5.41 Å². The van der Waals surface area contributed by atoms with Crippen molar-refractivity contribution >= 4 is 82.4 Å². The quantitative estimate of drug-likeness (QED) is 0.105. The van der Waals surface area contributed by atoms with Crippen molar-refractivity contribution in [3.05, 3.63) is 180 Å². The van der Waals surface area contributed by atoms with E-state index in [-0.39, 0.29) is 37.4 Å². The largest absolute Gasteiger partial charge is 0.396 e. The van der Waals surface area contributed by atoms with E-state index in [0.29, 0.717) is 16.7 Å². The Morgan fingerprint density at radius 2 is 0.579 bits per heavy atom. The first kappa shape index (κ1) is 35.6. The third-order valence-electron chi connectivity index (χ3n) is 11.2. The third kappa shape index (κ3) is 6.58. The molecule has 4 N–H and O–H groups in total. The summed E-state index contributed by atoms with van der Waals surface area (Å²) in [4.78, 5) is 43.1. The predicted octanol–water partition coefficient (Wildman–Crippen LogP) is 9.17. The molecule has 0 saturated carbocycles. The van der Waals surface area contributed by atoms with Crippen LogP contribution in [0, 0.1) is 5.41 Å². The van der Waals surface area contributed by atoms with Gasteiger partial charge in [-0.25, -0.2) is 0 Å². The Labute approximate surface area is 328 Å². The van der Waals surface area contributed by atoms with Gasteiger partial charge in [-0.2, -0.15) is 0 Å². The summed E-state index contributed by atoms with van der Waals surface area (Å²) in [5.74, 6) is -0.962. The second-order valence-electron chi connectivity index (χ2n) is 14.8.